The van der Waals surface area contributed by atoms with Crippen LogP contribution in [-0.2, 0) is 9.59 Å². The van der Waals surface area contributed by atoms with Gasteiger partial charge in [-0.3, -0.25) is 9.59 Å². The summed E-state index contributed by atoms with van der Waals surface area (Å²) in [6.07, 6.45) is 3.22. The van der Waals surface area contributed by atoms with Gasteiger partial charge in [-0.25, -0.2) is 10.9 Å². The number of halogens is 2. The highest BCUT2D eigenvalue weighted by molar-refractivity contribution is 9.10. The van der Waals surface area contributed by atoms with Crippen molar-refractivity contribution in [1.29, 1.82) is 0 Å². The second kappa shape index (κ2) is 13.1. The van der Waals surface area contributed by atoms with Crippen LogP contribution in [0, 0.1) is 27.7 Å². The minimum Gasteiger partial charge on any atom is -0.318 e. The zero-order valence-electron chi connectivity index (χ0n) is 22.7. The lowest BCUT2D eigenvalue weighted by molar-refractivity contribution is -0.126. The van der Waals surface area contributed by atoms with E-state index in [2.05, 4.69) is 62.0 Å². The zero-order chi connectivity index (χ0) is 28.8. The summed E-state index contributed by atoms with van der Waals surface area (Å²) < 4.78 is 6.28. The van der Waals surface area contributed by atoms with Crippen molar-refractivity contribution < 1.29 is 9.59 Å². The number of nitrogens with zero attached hydrogens (tertiary/aromatic N) is 4. The molecule has 0 aliphatic carbocycles. The van der Waals surface area contributed by atoms with E-state index >= 15 is 0 Å². The van der Waals surface area contributed by atoms with E-state index in [4.69, 9.17) is 0 Å². The third-order valence-electron chi connectivity index (χ3n) is 6.48. The maximum absolute atomic E-state index is 12.2. The average Bonchev–Trinajstić information content (AvgIpc) is 3.37. The summed E-state index contributed by atoms with van der Waals surface area (Å²) in [5.41, 5.74) is 13.0. The Bertz CT molecular complexity index is 1460. The Labute approximate surface area is 250 Å². The highest BCUT2D eigenvalue weighted by atomic mass is 79.9. The number of aromatic nitrogens is 2. The fourth-order valence-corrected chi connectivity index (χ4v) is 5.03. The number of amides is 2. The molecule has 2 N–H and O–H groups in total. The van der Waals surface area contributed by atoms with Crippen molar-refractivity contribution in [2.45, 2.75) is 40.5 Å². The molecule has 0 atom stereocenters. The number of carbonyl (C=O) groups is 2. The SMILES string of the molecule is Cc1cc(/C=N/NC(=O)CCC(=O)N/N=C/c2cc(C)n(-c3ccc(Br)cc3)c2C)c(C)n1-c1ccc(Br)cc1. The van der Waals surface area contributed by atoms with Gasteiger partial charge in [-0.15, -0.1) is 0 Å². The normalized spacial score (nSPS) is 11.4. The lowest BCUT2D eigenvalue weighted by atomic mass is 10.2. The van der Waals surface area contributed by atoms with E-state index in [1.54, 1.807) is 12.4 Å². The predicted molar refractivity (Wildman–Crippen MR) is 167 cm³/mol. The summed E-state index contributed by atoms with van der Waals surface area (Å²) in [7, 11) is 0. The smallest absolute Gasteiger partial charge is 0.240 e. The highest BCUT2D eigenvalue weighted by Gasteiger charge is 2.11. The van der Waals surface area contributed by atoms with Crippen molar-refractivity contribution in [2.24, 2.45) is 10.2 Å². The van der Waals surface area contributed by atoms with Crippen LogP contribution in [0.1, 0.15) is 46.7 Å². The topological polar surface area (TPSA) is 92.8 Å². The second-order valence-electron chi connectivity index (χ2n) is 9.36. The van der Waals surface area contributed by atoms with Crippen LogP contribution in [0.4, 0.5) is 0 Å². The van der Waals surface area contributed by atoms with Crippen molar-refractivity contribution >= 4 is 56.1 Å². The summed E-state index contributed by atoms with van der Waals surface area (Å²) in [5, 5.41) is 8.17. The van der Waals surface area contributed by atoms with Crippen LogP contribution in [0.15, 0.2) is 79.8 Å². The quantitative estimate of drug-likeness (QED) is 0.160. The number of benzene rings is 2. The Morgan fingerprint density at radius 2 is 1.02 bits per heavy atom. The molecule has 0 aliphatic heterocycles. The lowest BCUT2D eigenvalue weighted by Gasteiger charge is -2.09. The van der Waals surface area contributed by atoms with Crippen molar-refractivity contribution in [1.82, 2.24) is 20.0 Å². The summed E-state index contributed by atoms with van der Waals surface area (Å²) in [6, 6.07) is 20.1. The fraction of sp³-hybridized carbons (Fsp3) is 0.200. The summed E-state index contributed by atoms with van der Waals surface area (Å²) in [6.45, 7) is 8.04. The Hall–Kier alpha value is -3.76. The van der Waals surface area contributed by atoms with Crippen molar-refractivity contribution in [3.8, 4) is 11.4 Å². The first-order valence-corrected chi connectivity index (χ1v) is 14.3. The molecule has 2 heterocycles. The molecule has 4 aromatic rings. The number of carbonyl (C=O) groups excluding carboxylic acids is 2. The molecule has 4 rings (SSSR count). The van der Waals surface area contributed by atoms with Crippen molar-refractivity contribution in [3.05, 3.63) is 104 Å². The van der Waals surface area contributed by atoms with Crippen LogP contribution in [0.5, 0.6) is 0 Å². The Kier molecular flexibility index (Phi) is 9.54. The first-order valence-electron chi connectivity index (χ1n) is 12.7. The van der Waals surface area contributed by atoms with Crippen LogP contribution in [-0.4, -0.2) is 33.4 Å². The minimum atomic E-state index is -0.352. The van der Waals surface area contributed by atoms with Gasteiger partial charge in [-0.05, 0) is 88.4 Å². The van der Waals surface area contributed by atoms with Gasteiger partial charge in [0.1, 0.15) is 0 Å². The second-order valence-corrected chi connectivity index (χ2v) is 11.2. The largest absolute Gasteiger partial charge is 0.318 e. The van der Waals surface area contributed by atoms with Crippen LogP contribution in [0.2, 0.25) is 0 Å². The molecule has 0 unspecified atom stereocenters. The van der Waals surface area contributed by atoms with E-state index in [9.17, 15) is 9.59 Å². The molecule has 0 bridgehead atoms. The van der Waals surface area contributed by atoms with Crippen LogP contribution in [0.25, 0.3) is 11.4 Å². The molecule has 40 heavy (non-hydrogen) atoms. The summed E-state index contributed by atoms with van der Waals surface area (Å²) in [4.78, 5) is 24.5. The summed E-state index contributed by atoms with van der Waals surface area (Å²) in [5.74, 6) is -0.703. The molecule has 0 radical (unpaired) electrons. The molecule has 2 aromatic heterocycles. The standard InChI is InChI=1S/C30H30Br2N6O2/c1-19-15-23(21(3)37(19)27-9-5-25(31)6-10-27)17-33-35-29(39)13-14-30(40)36-34-18-24-16-20(2)38(22(24)4)28-11-7-26(32)8-12-28/h5-12,15-18H,13-14H2,1-4H3,(H,35,39)(H,36,40)/b33-17+,34-18+. The van der Waals surface area contributed by atoms with Crippen LogP contribution in [0.3, 0.4) is 0 Å². The minimum absolute atomic E-state index is 0.00527. The molecule has 2 aromatic carbocycles. The Morgan fingerprint density at radius 1 is 0.675 bits per heavy atom. The highest BCUT2D eigenvalue weighted by Crippen LogP contribution is 2.22. The number of hydrazone groups is 2. The average molecular weight is 666 g/mol. The molecule has 0 aliphatic rings. The third-order valence-corrected chi connectivity index (χ3v) is 7.53. The third kappa shape index (κ3) is 7.05. The van der Waals surface area contributed by atoms with Crippen LogP contribution < -0.4 is 10.9 Å². The zero-order valence-corrected chi connectivity index (χ0v) is 25.9. The van der Waals surface area contributed by atoms with E-state index in [0.717, 1.165) is 54.2 Å². The molecule has 0 spiro atoms. The molecule has 10 heteroatoms. The number of hydrogen-bond acceptors (Lipinski definition) is 4. The van der Waals surface area contributed by atoms with Crippen molar-refractivity contribution in [3.63, 3.8) is 0 Å². The fourth-order valence-electron chi connectivity index (χ4n) is 4.50. The van der Waals surface area contributed by atoms with Gasteiger partial charge < -0.3 is 9.13 Å². The monoisotopic (exact) mass is 664 g/mol. The maximum Gasteiger partial charge on any atom is 0.240 e. The van der Waals surface area contributed by atoms with Gasteiger partial charge >= 0.3 is 0 Å². The first-order chi connectivity index (χ1) is 19.1. The maximum atomic E-state index is 12.2. The van der Waals surface area contributed by atoms with Crippen molar-refractivity contribution in [2.75, 3.05) is 0 Å². The van der Waals surface area contributed by atoms with Gasteiger partial charge in [0.05, 0.1) is 12.4 Å². The molecular weight excluding hydrogens is 636 g/mol. The first kappa shape index (κ1) is 29.2. The lowest BCUT2D eigenvalue weighted by Crippen LogP contribution is -2.22. The Morgan fingerprint density at radius 3 is 1.38 bits per heavy atom. The van der Waals surface area contributed by atoms with E-state index in [1.165, 1.54) is 0 Å². The molecule has 0 saturated carbocycles. The summed E-state index contributed by atoms with van der Waals surface area (Å²) >= 11 is 6.92. The van der Waals surface area contributed by atoms with E-state index < -0.39 is 0 Å². The predicted octanol–water partition coefficient (Wildman–Crippen LogP) is 6.41. The number of hydrogen-bond donors (Lipinski definition) is 2. The van der Waals surface area contributed by atoms with Gasteiger partial charge in [-0.1, -0.05) is 31.9 Å². The van der Waals surface area contributed by atoms with E-state index in [1.807, 2.05) is 88.4 Å². The number of rotatable bonds is 9. The molecule has 2 amide bonds. The molecule has 8 nitrogen and oxygen atoms in total. The van der Waals surface area contributed by atoms with Crippen LogP contribution >= 0.6 is 31.9 Å². The number of nitrogens with one attached hydrogen (secondary N) is 2. The van der Waals surface area contributed by atoms with Gasteiger partial charge in [0, 0.05) is 67.1 Å². The molecule has 0 fully saturated rings. The van der Waals surface area contributed by atoms with Gasteiger partial charge in [0.15, 0.2) is 0 Å². The van der Waals surface area contributed by atoms with E-state index in [0.29, 0.717) is 0 Å². The molecule has 0 saturated heterocycles. The Balaban J connectivity index is 1.26. The molecule has 206 valence electrons. The van der Waals surface area contributed by atoms with Gasteiger partial charge in [0.25, 0.3) is 0 Å². The van der Waals surface area contributed by atoms with Gasteiger partial charge in [-0.2, -0.15) is 10.2 Å². The molecular formula is C30H30Br2N6O2. The van der Waals surface area contributed by atoms with Gasteiger partial charge in [0.2, 0.25) is 11.8 Å². The van der Waals surface area contributed by atoms with E-state index in [-0.39, 0.29) is 24.7 Å². The number of aryl methyl sites for hydroxylation is 2.